The van der Waals surface area contributed by atoms with E-state index in [1.807, 2.05) is 6.92 Å². The van der Waals surface area contributed by atoms with Crippen molar-refractivity contribution in [3.05, 3.63) is 29.8 Å². The van der Waals surface area contributed by atoms with Crippen LogP contribution in [0.1, 0.15) is 23.7 Å². The Labute approximate surface area is 141 Å². The lowest BCUT2D eigenvalue weighted by atomic mass is 10.1. The Balaban J connectivity index is 2.03. The maximum absolute atomic E-state index is 12.4. The first kappa shape index (κ1) is 18.3. The highest BCUT2D eigenvalue weighted by Crippen LogP contribution is 2.19. The summed E-state index contributed by atoms with van der Waals surface area (Å²) in [4.78, 5) is 25.8. The van der Waals surface area contributed by atoms with E-state index in [0.29, 0.717) is 24.2 Å². The fourth-order valence-electron chi connectivity index (χ4n) is 2.86. The van der Waals surface area contributed by atoms with Crippen LogP contribution in [-0.2, 0) is 19.4 Å². The van der Waals surface area contributed by atoms with Crippen molar-refractivity contribution in [3.63, 3.8) is 0 Å². The minimum absolute atomic E-state index is 0.0155. The third kappa shape index (κ3) is 4.25. The smallest absolute Gasteiger partial charge is 0.339 e. The fraction of sp³-hybridized carbons (Fsp3) is 0.500. The number of hydrogen-bond acceptors (Lipinski definition) is 6. The molecule has 1 saturated heterocycles. The van der Waals surface area contributed by atoms with Crippen LogP contribution in [0.2, 0.25) is 0 Å². The Bertz CT molecular complexity index is 717. The van der Waals surface area contributed by atoms with Crippen molar-refractivity contribution < 1.29 is 22.7 Å². The molecule has 1 aromatic rings. The lowest BCUT2D eigenvalue weighted by Crippen LogP contribution is -2.43. The quantitative estimate of drug-likeness (QED) is 0.764. The van der Waals surface area contributed by atoms with Gasteiger partial charge in [-0.25, -0.2) is 13.2 Å². The van der Waals surface area contributed by atoms with E-state index in [4.69, 9.17) is 4.74 Å². The van der Waals surface area contributed by atoms with E-state index in [1.54, 1.807) is 29.2 Å². The van der Waals surface area contributed by atoms with Crippen LogP contribution in [0, 0.1) is 0 Å². The van der Waals surface area contributed by atoms with Gasteiger partial charge in [-0.15, -0.1) is 0 Å². The number of nitrogens with one attached hydrogen (secondary N) is 1. The first-order valence-corrected chi connectivity index (χ1v) is 9.61. The van der Waals surface area contributed by atoms with Gasteiger partial charge >= 0.3 is 5.97 Å². The Morgan fingerprint density at radius 3 is 2.62 bits per heavy atom. The lowest BCUT2D eigenvalue weighted by molar-refractivity contribution is -0.130. The van der Waals surface area contributed by atoms with Gasteiger partial charge in [0.05, 0.1) is 30.7 Å². The zero-order chi connectivity index (χ0) is 17.7. The largest absolute Gasteiger partial charge is 0.465 e. The van der Waals surface area contributed by atoms with Gasteiger partial charge in [-0.05, 0) is 25.5 Å². The molecule has 0 radical (unpaired) electrons. The molecule has 1 aromatic carbocycles. The van der Waals surface area contributed by atoms with Gasteiger partial charge in [0.2, 0.25) is 5.91 Å². The molecule has 1 amide bonds. The molecular formula is C16H22N2O5S. The van der Waals surface area contributed by atoms with Gasteiger partial charge in [0, 0.05) is 18.3 Å². The first-order chi connectivity index (χ1) is 11.4. The van der Waals surface area contributed by atoms with Crippen LogP contribution < -0.4 is 5.32 Å². The van der Waals surface area contributed by atoms with Gasteiger partial charge in [0.15, 0.2) is 9.84 Å². The van der Waals surface area contributed by atoms with Crippen LogP contribution in [0.3, 0.4) is 0 Å². The molecule has 8 heteroatoms. The SMILES string of the molecule is CCN(C(=O)CNc1ccccc1C(=O)OC)C1CCS(=O)(=O)C1. The van der Waals surface area contributed by atoms with E-state index < -0.39 is 15.8 Å². The summed E-state index contributed by atoms with van der Waals surface area (Å²) in [5.41, 5.74) is 0.854. The second kappa shape index (κ2) is 7.65. The number of carbonyl (C=O) groups excluding carboxylic acids is 2. The normalized spacial score (nSPS) is 18.8. The Morgan fingerprint density at radius 1 is 1.33 bits per heavy atom. The van der Waals surface area contributed by atoms with Crippen molar-refractivity contribution in [1.82, 2.24) is 4.90 Å². The minimum atomic E-state index is -3.05. The number of carbonyl (C=O) groups is 2. The molecule has 132 valence electrons. The number of rotatable bonds is 6. The number of hydrogen-bond donors (Lipinski definition) is 1. The van der Waals surface area contributed by atoms with E-state index >= 15 is 0 Å². The molecule has 0 saturated carbocycles. The number of anilines is 1. The highest BCUT2D eigenvalue weighted by atomic mass is 32.2. The number of esters is 1. The standard InChI is InChI=1S/C16H22N2O5S/c1-3-18(12-8-9-24(21,22)11-12)15(19)10-17-14-7-5-4-6-13(14)16(20)23-2/h4-7,12,17H,3,8-11H2,1-2H3. The van der Waals surface area contributed by atoms with Crippen molar-refractivity contribution >= 4 is 27.4 Å². The average Bonchev–Trinajstić information content (AvgIpc) is 2.92. The lowest BCUT2D eigenvalue weighted by Gasteiger charge is -2.27. The molecule has 0 aromatic heterocycles. The molecule has 1 fully saturated rings. The van der Waals surface area contributed by atoms with E-state index in [1.165, 1.54) is 7.11 Å². The van der Waals surface area contributed by atoms with E-state index in [2.05, 4.69) is 5.32 Å². The fourth-order valence-corrected chi connectivity index (χ4v) is 4.59. The van der Waals surface area contributed by atoms with E-state index in [-0.39, 0.29) is 30.0 Å². The Hall–Kier alpha value is -2.09. The molecule has 1 aliphatic heterocycles. The van der Waals surface area contributed by atoms with Crippen molar-refractivity contribution in [2.45, 2.75) is 19.4 Å². The summed E-state index contributed by atoms with van der Waals surface area (Å²) in [7, 11) is -1.75. The molecule has 1 heterocycles. The summed E-state index contributed by atoms with van der Waals surface area (Å²) in [6.45, 7) is 2.25. The molecule has 2 rings (SSSR count). The van der Waals surface area contributed by atoms with E-state index in [0.717, 1.165) is 0 Å². The Kier molecular flexibility index (Phi) is 5.82. The third-order valence-corrected chi connectivity index (χ3v) is 5.82. The van der Waals surface area contributed by atoms with Gasteiger partial charge in [-0.1, -0.05) is 12.1 Å². The molecule has 0 bridgehead atoms. The van der Waals surface area contributed by atoms with Gasteiger partial charge in [0.1, 0.15) is 0 Å². The molecule has 1 unspecified atom stereocenters. The monoisotopic (exact) mass is 354 g/mol. The number of benzene rings is 1. The van der Waals surface area contributed by atoms with Crippen molar-refractivity contribution in [2.24, 2.45) is 0 Å². The predicted octanol–water partition coefficient (Wildman–Crippen LogP) is 0.921. The summed E-state index contributed by atoms with van der Waals surface area (Å²) < 4.78 is 27.9. The maximum Gasteiger partial charge on any atom is 0.339 e. The van der Waals surface area contributed by atoms with Gasteiger partial charge in [-0.3, -0.25) is 4.79 Å². The van der Waals surface area contributed by atoms with Crippen LogP contribution in [0.4, 0.5) is 5.69 Å². The van der Waals surface area contributed by atoms with Crippen LogP contribution >= 0.6 is 0 Å². The van der Waals surface area contributed by atoms with Crippen molar-refractivity contribution in [1.29, 1.82) is 0 Å². The molecule has 0 spiro atoms. The first-order valence-electron chi connectivity index (χ1n) is 7.79. The molecule has 1 atom stereocenters. The molecule has 7 nitrogen and oxygen atoms in total. The molecule has 0 aliphatic carbocycles. The average molecular weight is 354 g/mol. The number of ether oxygens (including phenoxy) is 1. The number of sulfone groups is 1. The van der Waals surface area contributed by atoms with Crippen molar-refractivity contribution in [3.8, 4) is 0 Å². The number of nitrogens with zero attached hydrogens (tertiary/aromatic N) is 1. The molecule has 1 aliphatic rings. The number of methoxy groups -OCH3 is 1. The third-order valence-electron chi connectivity index (χ3n) is 4.07. The summed E-state index contributed by atoms with van der Waals surface area (Å²) in [6.07, 6.45) is 0.473. The molecule has 1 N–H and O–H groups in total. The molecular weight excluding hydrogens is 332 g/mol. The van der Waals surface area contributed by atoms with Gasteiger partial charge < -0.3 is 15.0 Å². The van der Waals surface area contributed by atoms with Crippen LogP contribution in [0.25, 0.3) is 0 Å². The van der Waals surface area contributed by atoms with Gasteiger partial charge in [0.25, 0.3) is 0 Å². The Morgan fingerprint density at radius 2 is 2.04 bits per heavy atom. The second-order valence-corrected chi connectivity index (χ2v) is 7.86. The summed E-state index contributed by atoms with van der Waals surface area (Å²) >= 11 is 0. The van der Waals surface area contributed by atoms with Crippen LogP contribution in [-0.4, -0.2) is 62.9 Å². The summed E-state index contributed by atoms with van der Waals surface area (Å²) in [5, 5.41) is 2.95. The summed E-state index contributed by atoms with van der Waals surface area (Å²) in [6, 6.07) is 6.49. The predicted molar refractivity (Wildman–Crippen MR) is 90.7 cm³/mol. The number of amides is 1. The van der Waals surface area contributed by atoms with Crippen LogP contribution in [0.5, 0.6) is 0 Å². The second-order valence-electron chi connectivity index (χ2n) is 5.63. The molecule has 24 heavy (non-hydrogen) atoms. The summed E-state index contributed by atoms with van der Waals surface area (Å²) in [5.74, 6) is -0.537. The highest BCUT2D eigenvalue weighted by Gasteiger charge is 2.33. The maximum atomic E-state index is 12.4. The van der Waals surface area contributed by atoms with E-state index in [9.17, 15) is 18.0 Å². The number of para-hydroxylation sites is 1. The van der Waals surface area contributed by atoms with Crippen LogP contribution in [0.15, 0.2) is 24.3 Å². The van der Waals surface area contributed by atoms with Gasteiger partial charge in [-0.2, -0.15) is 0 Å². The zero-order valence-electron chi connectivity index (χ0n) is 13.8. The van der Waals surface area contributed by atoms with Crippen molar-refractivity contribution in [2.75, 3.05) is 37.0 Å². The highest BCUT2D eigenvalue weighted by molar-refractivity contribution is 7.91. The minimum Gasteiger partial charge on any atom is -0.465 e. The zero-order valence-corrected chi connectivity index (χ0v) is 14.6. The topological polar surface area (TPSA) is 92.8 Å². The number of likely N-dealkylation sites (N-methyl/N-ethyl adjacent to an activating group) is 1.